The van der Waals surface area contributed by atoms with E-state index >= 15 is 0 Å². The molecule has 0 fully saturated rings. The number of rotatable bonds is 5. The van der Waals surface area contributed by atoms with Crippen LogP contribution >= 0.6 is 11.6 Å². The van der Waals surface area contributed by atoms with Crippen LogP contribution in [0.1, 0.15) is 36.1 Å². The van der Waals surface area contributed by atoms with E-state index < -0.39 is 11.9 Å². The molecule has 0 aliphatic carbocycles. The standard InChI is InChI=1S/C17H18ClF2N/c1-3-7-21-17(12-8-11(2)9-13(19)10-12)14-5-4-6-15(18)16(14)20/h4-6,8-10,17,21H,3,7H2,1-2H3. The van der Waals surface area contributed by atoms with Crippen LogP contribution in [0.15, 0.2) is 36.4 Å². The zero-order valence-electron chi connectivity index (χ0n) is 12.1. The van der Waals surface area contributed by atoms with Gasteiger partial charge in [0.2, 0.25) is 0 Å². The van der Waals surface area contributed by atoms with Crippen molar-refractivity contribution in [1.82, 2.24) is 5.32 Å². The van der Waals surface area contributed by atoms with Crippen LogP contribution in [0.3, 0.4) is 0 Å². The summed E-state index contributed by atoms with van der Waals surface area (Å²) in [6.07, 6.45) is 0.896. The smallest absolute Gasteiger partial charge is 0.146 e. The molecule has 0 radical (unpaired) electrons. The van der Waals surface area contributed by atoms with Gasteiger partial charge in [-0.05, 0) is 49.2 Å². The highest BCUT2D eigenvalue weighted by atomic mass is 35.5. The molecule has 0 saturated heterocycles. The fourth-order valence-corrected chi connectivity index (χ4v) is 2.55. The van der Waals surface area contributed by atoms with E-state index in [0.29, 0.717) is 17.7 Å². The third-order valence-electron chi connectivity index (χ3n) is 3.29. The van der Waals surface area contributed by atoms with Crippen LogP contribution in [0.4, 0.5) is 8.78 Å². The van der Waals surface area contributed by atoms with Gasteiger partial charge in [0.25, 0.3) is 0 Å². The highest BCUT2D eigenvalue weighted by Gasteiger charge is 2.19. The molecule has 21 heavy (non-hydrogen) atoms. The maximum Gasteiger partial charge on any atom is 0.146 e. The maximum absolute atomic E-state index is 14.3. The number of aryl methyl sites for hydroxylation is 1. The lowest BCUT2D eigenvalue weighted by molar-refractivity contribution is 0.542. The van der Waals surface area contributed by atoms with Gasteiger partial charge in [0.15, 0.2) is 0 Å². The van der Waals surface area contributed by atoms with Crippen molar-refractivity contribution in [3.63, 3.8) is 0 Å². The predicted molar refractivity (Wildman–Crippen MR) is 82.7 cm³/mol. The minimum absolute atomic E-state index is 0.0731. The van der Waals surface area contributed by atoms with E-state index in [4.69, 9.17) is 11.6 Å². The first-order valence-electron chi connectivity index (χ1n) is 6.97. The summed E-state index contributed by atoms with van der Waals surface area (Å²) in [6.45, 7) is 4.54. The summed E-state index contributed by atoms with van der Waals surface area (Å²) in [5.74, 6) is -0.787. The lowest BCUT2D eigenvalue weighted by Gasteiger charge is -2.21. The fraction of sp³-hybridized carbons (Fsp3) is 0.294. The summed E-state index contributed by atoms with van der Waals surface area (Å²) in [5.41, 5.74) is 1.93. The minimum atomic E-state index is -0.463. The Balaban J connectivity index is 2.49. The second kappa shape index (κ2) is 7.01. The van der Waals surface area contributed by atoms with Gasteiger partial charge in [0, 0.05) is 5.56 Å². The summed E-state index contributed by atoms with van der Waals surface area (Å²) in [5, 5.41) is 3.33. The quantitative estimate of drug-likeness (QED) is 0.818. The van der Waals surface area contributed by atoms with E-state index in [1.165, 1.54) is 18.2 Å². The Bertz CT molecular complexity index is 608. The average Bonchev–Trinajstić information content (AvgIpc) is 2.42. The van der Waals surface area contributed by atoms with Crippen LogP contribution in [0, 0.1) is 18.6 Å². The Morgan fingerprint density at radius 1 is 1.19 bits per heavy atom. The monoisotopic (exact) mass is 309 g/mol. The summed E-state index contributed by atoms with van der Waals surface area (Å²) >= 11 is 5.87. The first kappa shape index (κ1) is 15.9. The van der Waals surface area contributed by atoms with Crippen molar-refractivity contribution in [2.45, 2.75) is 26.3 Å². The van der Waals surface area contributed by atoms with Crippen molar-refractivity contribution < 1.29 is 8.78 Å². The molecule has 1 unspecified atom stereocenters. The second-order valence-electron chi connectivity index (χ2n) is 5.09. The molecule has 1 atom stereocenters. The molecular formula is C17H18ClF2N. The van der Waals surface area contributed by atoms with Crippen LogP contribution < -0.4 is 5.32 Å². The third-order valence-corrected chi connectivity index (χ3v) is 3.58. The Labute approximate surface area is 128 Å². The summed E-state index contributed by atoms with van der Waals surface area (Å²) < 4.78 is 28.0. The predicted octanol–water partition coefficient (Wildman–Crippen LogP) is 5.02. The fourth-order valence-electron chi connectivity index (χ4n) is 2.37. The zero-order chi connectivity index (χ0) is 15.4. The lowest BCUT2D eigenvalue weighted by atomic mass is 9.96. The summed E-state index contributed by atoms with van der Waals surface area (Å²) in [4.78, 5) is 0. The van der Waals surface area contributed by atoms with Crippen LogP contribution in [-0.4, -0.2) is 6.54 Å². The number of hydrogen-bond donors (Lipinski definition) is 1. The largest absolute Gasteiger partial charge is 0.306 e. The van der Waals surface area contributed by atoms with Crippen molar-refractivity contribution in [2.24, 2.45) is 0 Å². The molecule has 0 saturated carbocycles. The summed E-state index contributed by atoms with van der Waals surface area (Å²) in [7, 11) is 0. The maximum atomic E-state index is 14.3. The van der Waals surface area contributed by atoms with E-state index in [-0.39, 0.29) is 10.8 Å². The van der Waals surface area contributed by atoms with Crippen molar-refractivity contribution in [3.8, 4) is 0 Å². The molecule has 0 aromatic heterocycles. The van der Waals surface area contributed by atoms with Gasteiger partial charge in [-0.25, -0.2) is 8.78 Å². The molecule has 0 aliphatic rings. The number of hydrogen-bond acceptors (Lipinski definition) is 1. The number of halogens is 3. The van der Waals surface area contributed by atoms with Crippen molar-refractivity contribution >= 4 is 11.6 Å². The van der Waals surface area contributed by atoms with E-state index in [1.807, 2.05) is 19.9 Å². The number of nitrogens with one attached hydrogen (secondary N) is 1. The molecule has 0 bridgehead atoms. The molecule has 0 spiro atoms. The van der Waals surface area contributed by atoms with Crippen LogP contribution in [0.25, 0.3) is 0 Å². The average molecular weight is 310 g/mol. The molecule has 0 aliphatic heterocycles. The van der Waals surface area contributed by atoms with Gasteiger partial charge in [-0.3, -0.25) is 0 Å². The Morgan fingerprint density at radius 3 is 2.62 bits per heavy atom. The molecule has 112 valence electrons. The van der Waals surface area contributed by atoms with Gasteiger partial charge < -0.3 is 5.32 Å². The molecule has 2 rings (SSSR count). The van der Waals surface area contributed by atoms with Crippen molar-refractivity contribution in [3.05, 3.63) is 69.7 Å². The first-order chi connectivity index (χ1) is 10.0. The van der Waals surface area contributed by atoms with Crippen LogP contribution in [0.2, 0.25) is 5.02 Å². The highest BCUT2D eigenvalue weighted by molar-refractivity contribution is 6.30. The van der Waals surface area contributed by atoms with E-state index in [1.54, 1.807) is 12.1 Å². The molecular weight excluding hydrogens is 292 g/mol. The Kier molecular flexibility index (Phi) is 5.32. The molecule has 2 aromatic rings. The van der Waals surface area contributed by atoms with Gasteiger partial charge in [0.05, 0.1) is 11.1 Å². The van der Waals surface area contributed by atoms with Crippen molar-refractivity contribution in [1.29, 1.82) is 0 Å². The molecule has 0 amide bonds. The Hall–Kier alpha value is -1.45. The van der Waals surface area contributed by atoms with Gasteiger partial charge in [0.1, 0.15) is 11.6 Å². The lowest BCUT2D eigenvalue weighted by Crippen LogP contribution is -2.24. The molecule has 1 nitrogen and oxygen atoms in total. The second-order valence-corrected chi connectivity index (χ2v) is 5.50. The SMILES string of the molecule is CCCNC(c1cc(C)cc(F)c1)c1cccc(Cl)c1F. The van der Waals surface area contributed by atoms with Gasteiger partial charge in [-0.1, -0.05) is 36.7 Å². The van der Waals surface area contributed by atoms with E-state index in [9.17, 15) is 8.78 Å². The van der Waals surface area contributed by atoms with Crippen molar-refractivity contribution in [2.75, 3.05) is 6.54 Å². The molecule has 0 heterocycles. The zero-order valence-corrected chi connectivity index (χ0v) is 12.8. The molecule has 2 aromatic carbocycles. The summed E-state index contributed by atoms with van der Waals surface area (Å²) in [6, 6.07) is 9.21. The topological polar surface area (TPSA) is 12.0 Å². The molecule has 4 heteroatoms. The van der Waals surface area contributed by atoms with Gasteiger partial charge in [-0.2, -0.15) is 0 Å². The van der Waals surface area contributed by atoms with Gasteiger partial charge in [-0.15, -0.1) is 0 Å². The Morgan fingerprint density at radius 2 is 1.95 bits per heavy atom. The van der Waals surface area contributed by atoms with Crippen LogP contribution in [-0.2, 0) is 0 Å². The van der Waals surface area contributed by atoms with Crippen LogP contribution in [0.5, 0.6) is 0 Å². The van der Waals surface area contributed by atoms with Gasteiger partial charge >= 0.3 is 0 Å². The third kappa shape index (κ3) is 3.80. The van der Waals surface area contributed by atoms with E-state index in [2.05, 4.69) is 5.32 Å². The normalized spacial score (nSPS) is 12.4. The van der Waals surface area contributed by atoms with E-state index in [0.717, 1.165) is 12.0 Å². The minimum Gasteiger partial charge on any atom is -0.306 e. The number of benzene rings is 2. The first-order valence-corrected chi connectivity index (χ1v) is 7.35. The highest BCUT2D eigenvalue weighted by Crippen LogP contribution is 2.29. The molecule has 1 N–H and O–H groups in total.